The van der Waals surface area contributed by atoms with Gasteiger partial charge in [-0.05, 0) is 32.1 Å². The minimum absolute atomic E-state index is 0.0906. The summed E-state index contributed by atoms with van der Waals surface area (Å²) in [6.45, 7) is 5.62. The molecule has 0 amide bonds. The number of phosphoric ester groups is 1. The Bertz CT molecular complexity index is 879. The molecule has 0 fully saturated rings. The Morgan fingerprint density at radius 3 is 1.46 bits per heavy atom. The molecular weight excluding hydrogens is 697 g/mol. The molecule has 0 saturated heterocycles. The number of nitrogens with zero attached hydrogens (tertiary/aromatic N) is 1. The van der Waals surface area contributed by atoms with E-state index in [9.17, 15) is 14.3 Å². The maximum atomic E-state index is 12.7. The van der Waals surface area contributed by atoms with Crippen LogP contribution in [0.1, 0.15) is 213 Å². The van der Waals surface area contributed by atoms with Crippen LogP contribution >= 0.6 is 7.82 Å². The predicted octanol–water partition coefficient (Wildman–Crippen LogP) is 13.4. The van der Waals surface area contributed by atoms with Gasteiger partial charge < -0.3 is 18.9 Å². The van der Waals surface area contributed by atoms with E-state index in [0.29, 0.717) is 24.1 Å². The van der Waals surface area contributed by atoms with Crippen LogP contribution in [0.3, 0.4) is 0 Å². The first kappa shape index (κ1) is 53.2. The second-order valence-electron chi connectivity index (χ2n) is 16.8. The lowest BCUT2D eigenvalue weighted by molar-refractivity contribution is -0.870. The molecule has 0 aliphatic carbocycles. The van der Waals surface area contributed by atoms with Crippen molar-refractivity contribution in [1.29, 1.82) is 0 Å². The Balaban J connectivity index is 4.12. The van der Waals surface area contributed by atoms with Crippen LogP contribution in [0, 0.1) is 0 Å². The Morgan fingerprint density at radius 1 is 0.556 bits per heavy atom. The summed E-state index contributed by atoms with van der Waals surface area (Å²) in [5.41, 5.74) is 0. The number of unbranched alkanes of at least 4 members (excludes halogenated alkanes) is 27. The molecule has 0 aromatic heterocycles. The van der Waals surface area contributed by atoms with Crippen molar-refractivity contribution in [2.24, 2.45) is 0 Å². The van der Waals surface area contributed by atoms with Crippen LogP contribution in [0.2, 0.25) is 0 Å². The normalized spacial score (nSPS) is 13.8. The molecule has 0 rings (SSSR count). The summed E-state index contributed by atoms with van der Waals surface area (Å²) in [6.07, 6.45) is 42.4. The fourth-order valence-electron chi connectivity index (χ4n) is 6.48. The molecule has 0 radical (unpaired) electrons. The topological polar surface area (TPSA) is 91.3 Å². The number of esters is 1. The average Bonchev–Trinajstić information content (AvgIpc) is 3.12. The molecule has 0 bridgehead atoms. The van der Waals surface area contributed by atoms with Gasteiger partial charge in [0.15, 0.2) is 0 Å². The van der Waals surface area contributed by atoms with Gasteiger partial charge in [-0.3, -0.25) is 13.8 Å². The molecule has 0 aliphatic rings. The highest BCUT2D eigenvalue weighted by atomic mass is 31.2. The largest absolute Gasteiger partial charge is 0.472 e. The molecule has 9 heteroatoms. The second-order valence-corrected chi connectivity index (χ2v) is 18.2. The van der Waals surface area contributed by atoms with E-state index in [2.05, 4.69) is 26.0 Å². The minimum Gasteiger partial charge on any atom is -0.457 e. The van der Waals surface area contributed by atoms with E-state index in [1.807, 2.05) is 21.1 Å². The lowest BCUT2D eigenvalue weighted by Crippen LogP contribution is -2.37. The van der Waals surface area contributed by atoms with Gasteiger partial charge >= 0.3 is 13.8 Å². The number of carbonyl (C=O) groups is 1. The van der Waals surface area contributed by atoms with E-state index in [1.165, 1.54) is 161 Å². The zero-order chi connectivity index (χ0) is 39.9. The van der Waals surface area contributed by atoms with Crippen molar-refractivity contribution in [2.45, 2.75) is 219 Å². The van der Waals surface area contributed by atoms with Gasteiger partial charge in [-0.2, -0.15) is 0 Å². The van der Waals surface area contributed by atoms with Crippen LogP contribution < -0.4 is 0 Å². The first-order valence-corrected chi connectivity index (χ1v) is 24.4. The minimum atomic E-state index is -4.27. The summed E-state index contributed by atoms with van der Waals surface area (Å²) < 4.78 is 35.0. The second kappa shape index (κ2) is 39.1. The van der Waals surface area contributed by atoms with Gasteiger partial charge in [-0.15, -0.1) is 0 Å². The smallest absolute Gasteiger partial charge is 0.457 e. The maximum absolute atomic E-state index is 12.7. The molecule has 322 valence electrons. The number of hydrogen-bond acceptors (Lipinski definition) is 6. The number of hydrogen-bond donors (Lipinski definition) is 1. The highest BCUT2D eigenvalue weighted by Crippen LogP contribution is 2.43. The van der Waals surface area contributed by atoms with Crippen LogP contribution in [0.5, 0.6) is 0 Å². The predicted molar refractivity (Wildman–Crippen MR) is 229 cm³/mol. The molecule has 2 unspecified atom stereocenters. The van der Waals surface area contributed by atoms with Gasteiger partial charge in [0, 0.05) is 13.0 Å². The Hall–Kier alpha value is -0.760. The Morgan fingerprint density at radius 2 is 0.981 bits per heavy atom. The first-order chi connectivity index (χ1) is 26.1. The molecular formula is C45H91NO7P+. The van der Waals surface area contributed by atoms with Gasteiger partial charge in [0.25, 0.3) is 0 Å². The fourth-order valence-corrected chi connectivity index (χ4v) is 7.22. The molecule has 0 aromatic rings. The quantitative estimate of drug-likeness (QED) is 0.0216. The standard InChI is InChI=1S/C45H90NO7P/c1-6-8-10-12-14-16-18-20-21-22-23-24-25-26-27-28-30-32-34-36-38-45(47)53-44(43-52-54(48,49)51-41-39-46(3,4)5)42-50-40-37-35-33-31-29-19-17-15-13-11-9-7-2/h13,15,44H,6-12,14,16-43H2,1-5H3/p+1/b15-13-. The summed E-state index contributed by atoms with van der Waals surface area (Å²) in [4.78, 5) is 22.9. The van der Waals surface area contributed by atoms with Crippen LogP contribution in [-0.4, -0.2) is 75.6 Å². The summed E-state index contributed by atoms with van der Waals surface area (Å²) in [5, 5.41) is 0. The van der Waals surface area contributed by atoms with E-state index < -0.39 is 13.9 Å². The first-order valence-electron chi connectivity index (χ1n) is 22.9. The third kappa shape index (κ3) is 42.4. The SMILES string of the molecule is CCCC/C=C\CCCCCCCCOCC(COP(=O)(O)OCC[N+](C)(C)C)OC(=O)CCCCCCCCCCCCCCCCCCCCCC. The average molecular weight is 789 g/mol. The number of carbonyl (C=O) groups excluding carboxylic acids is 1. The van der Waals surface area contributed by atoms with Crippen molar-refractivity contribution in [3.8, 4) is 0 Å². The number of rotatable bonds is 43. The van der Waals surface area contributed by atoms with Gasteiger partial charge in [-0.1, -0.05) is 187 Å². The van der Waals surface area contributed by atoms with Crippen molar-refractivity contribution in [3.05, 3.63) is 12.2 Å². The van der Waals surface area contributed by atoms with E-state index in [4.69, 9.17) is 18.5 Å². The van der Waals surface area contributed by atoms with E-state index in [-0.39, 0.29) is 25.8 Å². The summed E-state index contributed by atoms with van der Waals surface area (Å²) in [5.74, 6) is -0.312. The van der Waals surface area contributed by atoms with Crippen molar-refractivity contribution < 1.29 is 37.3 Å². The summed E-state index contributed by atoms with van der Waals surface area (Å²) in [7, 11) is 1.67. The van der Waals surface area contributed by atoms with Crippen molar-refractivity contribution in [2.75, 3.05) is 54.1 Å². The number of quaternary nitrogens is 1. The molecule has 8 nitrogen and oxygen atoms in total. The van der Waals surface area contributed by atoms with E-state index in [1.54, 1.807) is 0 Å². The van der Waals surface area contributed by atoms with Crippen LogP contribution in [0.15, 0.2) is 12.2 Å². The molecule has 54 heavy (non-hydrogen) atoms. The van der Waals surface area contributed by atoms with Crippen molar-refractivity contribution >= 4 is 13.8 Å². The zero-order valence-corrected chi connectivity index (χ0v) is 37.4. The third-order valence-corrected chi connectivity index (χ3v) is 11.1. The van der Waals surface area contributed by atoms with Gasteiger partial charge in [0.1, 0.15) is 19.3 Å². The number of likely N-dealkylation sites (N-methyl/N-ethyl adjacent to an activating group) is 1. The molecule has 0 heterocycles. The highest BCUT2D eigenvalue weighted by Gasteiger charge is 2.26. The maximum Gasteiger partial charge on any atom is 0.472 e. The van der Waals surface area contributed by atoms with Crippen LogP contribution in [-0.2, 0) is 27.9 Å². The van der Waals surface area contributed by atoms with Crippen molar-refractivity contribution in [1.82, 2.24) is 0 Å². The van der Waals surface area contributed by atoms with Crippen molar-refractivity contribution in [3.63, 3.8) is 0 Å². The van der Waals surface area contributed by atoms with Gasteiger partial charge in [0.2, 0.25) is 0 Å². The van der Waals surface area contributed by atoms with Crippen LogP contribution in [0.25, 0.3) is 0 Å². The van der Waals surface area contributed by atoms with Gasteiger partial charge in [-0.25, -0.2) is 4.57 Å². The Kier molecular flexibility index (Phi) is 38.5. The lowest BCUT2D eigenvalue weighted by atomic mass is 10.0. The molecule has 0 saturated carbocycles. The highest BCUT2D eigenvalue weighted by molar-refractivity contribution is 7.47. The number of allylic oxidation sites excluding steroid dienone is 2. The molecule has 0 aliphatic heterocycles. The van der Waals surface area contributed by atoms with E-state index in [0.717, 1.165) is 32.1 Å². The van der Waals surface area contributed by atoms with Crippen LogP contribution in [0.4, 0.5) is 0 Å². The summed E-state index contributed by atoms with van der Waals surface area (Å²) >= 11 is 0. The summed E-state index contributed by atoms with van der Waals surface area (Å²) in [6, 6.07) is 0. The molecule has 1 N–H and O–H groups in total. The Labute approximate surface area is 335 Å². The molecule has 0 aromatic carbocycles. The monoisotopic (exact) mass is 789 g/mol. The fraction of sp³-hybridized carbons (Fsp3) is 0.933. The molecule has 2 atom stereocenters. The van der Waals surface area contributed by atoms with Gasteiger partial charge in [0.05, 0.1) is 34.4 Å². The molecule has 0 spiro atoms. The van der Waals surface area contributed by atoms with E-state index >= 15 is 0 Å². The lowest BCUT2D eigenvalue weighted by Gasteiger charge is -2.24. The zero-order valence-electron chi connectivity index (χ0n) is 36.5. The third-order valence-electron chi connectivity index (χ3n) is 10.1. The number of phosphoric acid groups is 1. The number of ether oxygens (including phenoxy) is 2.